The lowest BCUT2D eigenvalue weighted by Crippen LogP contribution is -2.25. The zero-order valence-electron chi connectivity index (χ0n) is 9.86. The fraction of sp³-hybridized carbons (Fsp3) is 0.417. The van der Waals surface area contributed by atoms with Crippen molar-refractivity contribution in [2.45, 2.75) is 19.0 Å². The van der Waals surface area contributed by atoms with Crippen molar-refractivity contribution in [3.63, 3.8) is 0 Å². The van der Waals surface area contributed by atoms with Gasteiger partial charge in [-0.3, -0.25) is 4.79 Å². The molecule has 0 radical (unpaired) electrons. The van der Waals surface area contributed by atoms with Crippen LogP contribution in [0, 0.1) is 0 Å². The van der Waals surface area contributed by atoms with Crippen LogP contribution in [0.2, 0.25) is 0 Å². The number of hydrogen-bond acceptors (Lipinski definition) is 1. The molecule has 19 heavy (non-hydrogen) atoms. The third kappa shape index (κ3) is 5.14. The molecule has 0 saturated heterocycles. The third-order valence-corrected chi connectivity index (χ3v) is 3.63. The highest BCUT2D eigenvalue weighted by Crippen LogP contribution is 2.35. The van der Waals surface area contributed by atoms with Crippen LogP contribution in [0.25, 0.3) is 0 Å². The highest BCUT2D eigenvalue weighted by Gasteiger charge is 2.33. The lowest BCUT2D eigenvalue weighted by molar-refractivity contribution is -0.138. The zero-order valence-corrected chi connectivity index (χ0v) is 13.0. The average molecular weight is 403 g/mol. The molecule has 0 saturated carbocycles. The number of hydrogen-bond donors (Lipinski definition) is 1. The van der Waals surface area contributed by atoms with E-state index >= 15 is 0 Å². The van der Waals surface area contributed by atoms with Crippen LogP contribution in [-0.4, -0.2) is 17.8 Å². The van der Waals surface area contributed by atoms with Gasteiger partial charge in [0.15, 0.2) is 0 Å². The first kappa shape index (κ1) is 16.5. The lowest BCUT2D eigenvalue weighted by Gasteiger charge is -2.11. The zero-order chi connectivity index (χ0) is 14.5. The van der Waals surface area contributed by atoms with Gasteiger partial charge in [0.1, 0.15) is 0 Å². The quantitative estimate of drug-likeness (QED) is 0.575. The molecular weight excluding hydrogens is 391 g/mol. The summed E-state index contributed by atoms with van der Waals surface area (Å²) in [7, 11) is 0. The summed E-state index contributed by atoms with van der Waals surface area (Å²) >= 11 is 6.09. The van der Waals surface area contributed by atoms with E-state index in [0.717, 1.165) is 24.2 Å². The molecule has 0 aromatic heterocycles. The van der Waals surface area contributed by atoms with E-state index < -0.39 is 17.6 Å². The smallest absolute Gasteiger partial charge is 0.352 e. The number of benzene rings is 1. The SMILES string of the molecule is O=C(NCCCCBr)c1ccc(Br)c(C(F)(F)F)c1. The molecule has 0 bridgehead atoms. The van der Waals surface area contributed by atoms with Crippen LogP contribution in [0.5, 0.6) is 0 Å². The molecule has 7 heteroatoms. The van der Waals surface area contributed by atoms with Crippen LogP contribution in [0.15, 0.2) is 22.7 Å². The molecule has 0 atom stereocenters. The monoisotopic (exact) mass is 401 g/mol. The van der Waals surface area contributed by atoms with Crippen LogP contribution in [0.3, 0.4) is 0 Å². The molecule has 0 aliphatic rings. The van der Waals surface area contributed by atoms with Gasteiger partial charge in [-0.15, -0.1) is 0 Å². The Bertz CT molecular complexity index is 449. The van der Waals surface area contributed by atoms with Crippen molar-refractivity contribution in [3.8, 4) is 0 Å². The molecular formula is C12H12Br2F3NO. The second kappa shape index (κ2) is 7.28. The predicted octanol–water partition coefficient (Wildman–Crippen LogP) is 4.37. The van der Waals surface area contributed by atoms with Gasteiger partial charge in [-0.2, -0.15) is 13.2 Å². The molecule has 0 aliphatic heterocycles. The molecule has 106 valence electrons. The fourth-order valence-electron chi connectivity index (χ4n) is 1.41. The van der Waals surface area contributed by atoms with E-state index in [-0.39, 0.29) is 10.0 Å². The molecule has 1 amide bonds. The molecule has 0 fully saturated rings. The average Bonchev–Trinajstić information content (AvgIpc) is 2.33. The van der Waals surface area contributed by atoms with Crippen LogP contribution in [0.4, 0.5) is 13.2 Å². The summed E-state index contributed by atoms with van der Waals surface area (Å²) in [6.07, 6.45) is -2.81. The Morgan fingerprint density at radius 1 is 1.26 bits per heavy atom. The van der Waals surface area contributed by atoms with E-state index in [4.69, 9.17) is 0 Å². The number of unbranched alkanes of at least 4 members (excludes halogenated alkanes) is 1. The molecule has 0 aliphatic carbocycles. The van der Waals surface area contributed by atoms with E-state index in [0.29, 0.717) is 6.54 Å². The maximum atomic E-state index is 12.7. The highest BCUT2D eigenvalue weighted by atomic mass is 79.9. The molecule has 0 heterocycles. The lowest BCUT2D eigenvalue weighted by atomic mass is 10.1. The number of amides is 1. The summed E-state index contributed by atoms with van der Waals surface area (Å²) in [6.45, 7) is 0.446. The molecule has 2 nitrogen and oxygen atoms in total. The van der Waals surface area contributed by atoms with E-state index in [1.54, 1.807) is 0 Å². The number of carbonyl (C=O) groups is 1. The Labute approximate surface area is 126 Å². The van der Waals surface area contributed by atoms with Gasteiger partial charge in [0.2, 0.25) is 0 Å². The first-order chi connectivity index (χ1) is 8.86. The van der Waals surface area contributed by atoms with Gasteiger partial charge in [-0.05, 0) is 31.0 Å². The molecule has 1 N–H and O–H groups in total. The Hall–Kier alpha value is -0.560. The van der Waals surface area contributed by atoms with Crippen molar-refractivity contribution in [3.05, 3.63) is 33.8 Å². The molecule has 1 rings (SSSR count). The number of alkyl halides is 4. The Morgan fingerprint density at radius 3 is 2.53 bits per heavy atom. The number of halogens is 5. The Morgan fingerprint density at radius 2 is 1.95 bits per heavy atom. The topological polar surface area (TPSA) is 29.1 Å². The van der Waals surface area contributed by atoms with E-state index in [9.17, 15) is 18.0 Å². The number of rotatable bonds is 5. The van der Waals surface area contributed by atoms with Gasteiger partial charge in [-0.25, -0.2) is 0 Å². The minimum atomic E-state index is -4.48. The van der Waals surface area contributed by atoms with Gasteiger partial charge in [0.05, 0.1) is 5.56 Å². The maximum Gasteiger partial charge on any atom is 0.417 e. The Balaban J connectivity index is 2.76. The van der Waals surface area contributed by atoms with Gasteiger partial charge in [0.25, 0.3) is 5.91 Å². The molecule has 1 aromatic rings. The Kier molecular flexibility index (Phi) is 6.32. The molecule has 0 unspecified atom stereocenters. The number of nitrogens with one attached hydrogen (secondary N) is 1. The van der Waals surface area contributed by atoms with E-state index in [1.165, 1.54) is 12.1 Å². The van der Waals surface area contributed by atoms with Gasteiger partial charge >= 0.3 is 6.18 Å². The van der Waals surface area contributed by atoms with Crippen molar-refractivity contribution < 1.29 is 18.0 Å². The maximum absolute atomic E-state index is 12.7. The van der Waals surface area contributed by atoms with Crippen molar-refractivity contribution in [1.29, 1.82) is 0 Å². The summed E-state index contributed by atoms with van der Waals surface area (Å²) < 4.78 is 38.0. The van der Waals surface area contributed by atoms with Crippen molar-refractivity contribution in [2.24, 2.45) is 0 Å². The second-order valence-corrected chi connectivity index (χ2v) is 5.49. The fourth-order valence-corrected chi connectivity index (χ4v) is 2.28. The predicted molar refractivity (Wildman–Crippen MR) is 74.5 cm³/mol. The largest absolute Gasteiger partial charge is 0.417 e. The second-order valence-electron chi connectivity index (χ2n) is 3.84. The van der Waals surface area contributed by atoms with Crippen LogP contribution < -0.4 is 5.32 Å². The van der Waals surface area contributed by atoms with Crippen LogP contribution in [-0.2, 0) is 6.18 Å². The first-order valence-corrected chi connectivity index (χ1v) is 7.48. The van der Waals surface area contributed by atoms with Gasteiger partial charge < -0.3 is 5.32 Å². The minimum absolute atomic E-state index is 0.00867. The normalized spacial score (nSPS) is 11.4. The minimum Gasteiger partial charge on any atom is -0.352 e. The van der Waals surface area contributed by atoms with Crippen molar-refractivity contribution in [2.75, 3.05) is 11.9 Å². The molecule has 0 spiro atoms. The van der Waals surface area contributed by atoms with E-state index in [2.05, 4.69) is 37.2 Å². The van der Waals surface area contributed by atoms with Crippen LogP contribution >= 0.6 is 31.9 Å². The summed E-state index contributed by atoms with van der Waals surface area (Å²) in [5.74, 6) is -0.493. The molecule has 1 aromatic carbocycles. The van der Waals surface area contributed by atoms with Gasteiger partial charge in [-0.1, -0.05) is 31.9 Å². The van der Waals surface area contributed by atoms with E-state index in [1.807, 2.05) is 0 Å². The van der Waals surface area contributed by atoms with Crippen molar-refractivity contribution >= 4 is 37.8 Å². The van der Waals surface area contributed by atoms with Gasteiger partial charge in [0, 0.05) is 21.9 Å². The summed E-state index contributed by atoms with van der Waals surface area (Å²) in [6, 6.07) is 3.44. The standard InChI is InChI=1S/C12H12Br2F3NO/c13-5-1-2-6-18-11(19)8-3-4-10(14)9(7-8)12(15,16)17/h3-4,7H,1-2,5-6H2,(H,18,19). The summed E-state index contributed by atoms with van der Waals surface area (Å²) in [4.78, 5) is 11.7. The third-order valence-electron chi connectivity index (χ3n) is 2.38. The first-order valence-electron chi connectivity index (χ1n) is 5.57. The number of carbonyl (C=O) groups excluding carboxylic acids is 1. The summed E-state index contributed by atoms with van der Waals surface area (Å²) in [5, 5.41) is 3.42. The van der Waals surface area contributed by atoms with Crippen LogP contribution in [0.1, 0.15) is 28.8 Å². The highest BCUT2D eigenvalue weighted by molar-refractivity contribution is 9.10. The van der Waals surface area contributed by atoms with Crippen molar-refractivity contribution in [1.82, 2.24) is 5.32 Å². The summed E-state index contributed by atoms with van der Waals surface area (Å²) in [5.41, 5.74) is -0.838.